The fourth-order valence-corrected chi connectivity index (χ4v) is 1.93. The number of rotatable bonds is 4. The minimum atomic E-state index is 0.634. The van der Waals surface area contributed by atoms with Gasteiger partial charge in [-0.3, -0.25) is 0 Å². The summed E-state index contributed by atoms with van der Waals surface area (Å²) in [5, 5.41) is 3.08. The average molecular weight is 208 g/mol. The fraction of sp³-hybridized carbons (Fsp3) is 0.333. The van der Waals surface area contributed by atoms with E-state index in [9.17, 15) is 0 Å². The van der Waals surface area contributed by atoms with E-state index in [1.54, 1.807) is 17.5 Å². The maximum Gasteiger partial charge on any atom is 0.112 e. The van der Waals surface area contributed by atoms with Gasteiger partial charge < -0.3 is 10.3 Å². The summed E-state index contributed by atoms with van der Waals surface area (Å²) in [7, 11) is 0. The van der Waals surface area contributed by atoms with E-state index in [1.807, 2.05) is 17.8 Å². The van der Waals surface area contributed by atoms with Crippen LogP contribution in [0.4, 0.5) is 0 Å². The third-order valence-electron chi connectivity index (χ3n) is 1.96. The van der Waals surface area contributed by atoms with Gasteiger partial charge in [-0.25, -0.2) is 9.97 Å². The zero-order chi connectivity index (χ0) is 9.80. The van der Waals surface area contributed by atoms with Crippen molar-refractivity contribution in [2.45, 2.75) is 13.0 Å². The van der Waals surface area contributed by atoms with E-state index in [0.29, 0.717) is 6.54 Å². The molecule has 0 atom stereocenters. The van der Waals surface area contributed by atoms with Crippen molar-refractivity contribution in [2.24, 2.45) is 5.73 Å². The van der Waals surface area contributed by atoms with Gasteiger partial charge in [-0.05, 0) is 6.54 Å². The molecule has 0 fully saturated rings. The van der Waals surface area contributed by atoms with Crippen LogP contribution >= 0.6 is 11.3 Å². The molecule has 0 spiro atoms. The van der Waals surface area contributed by atoms with E-state index in [-0.39, 0.29) is 0 Å². The van der Waals surface area contributed by atoms with Crippen molar-refractivity contribution < 1.29 is 0 Å². The highest BCUT2D eigenvalue weighted by molar-refractivity contribution is 7.09. The Morgan fingerprint density at radius 2 is 2.29 bits per heavy atom. The molecule has 2 aromatic heterocycles. The summed E-state index contributed by atoms with van der Waals surface area (Å²) in [6.07, 6.45) is 6.41. The van der Waals surface area contributed by atoms with Gasteiger partial charge in [-0.15, -0.1) is 11.3 Å². The summed E-state index contributed by atoms with van der Waals surface area (Å²) in [5.74, 6) is 1.03. The highest BCUT2D eigenvalue weighted by Crippen LogP contribution is 2.08. The van der Waals surface area contributed by atoms with Gasteiger partial charge in [-0.2, -0.15) is 0 Å². The second-order valence-electron chi connectivity index (χ2n) is 2.94. The van der Waals surface area contributed by atoms with E-state index in [4.69, 9.17) is 5.73 Å². The summed E-state index contributed by atoms with van der Waals surface area (Å²) in [6, 6.07) is 0. The first-order valence-electron chi connectivity index (χ1n) is 4.48. The van der Waals surface area contributed by atoms with Gasteiger partial charge in [0.25, 0.3) is 0 Å². The summed E-state index contributed by atoms with van der Waals surface area (Å²) in [4.78, 5) is 8.48. The van der Waals surface area contributed by atoms with E-state index in [1.165, 1.54) is 0 Å². The molecule has 2 N–H and O–H groups in total. The molecule has 5 heteroatoms. The number of imidazole rings is 1. The predicted octanol–water partition coefficient (Wildman–Crippen LogP) is 0.889. The molecular formula is C9H12N4S. The standard InChI is InChI=1S/C9H12N4S/c10-2-1-8-11-3-5-13(8)7-9-12-4-6-14-9/h3-6H,1-2,7,10H2. The molecule has 0 aliphatic rings. The van der Waals surface area contributed by atoms with Crippen molar-refractivity contribution in [3.05, 3.63) is 34.8 Å². The number of nitrogens with two attached hydrogens (primary N) is 1. The molecule has 0 saturated heterocycles. The Hall–Kier alpha value is -1.20. The van der Waals surface area contributed by atoms with E-state index in [2.05, 4.69) is 14.5 Å². The third kappa shape index (κ3) is 2.00. The average Bonchev–Trinajstić information content (AvgIpc) is 2.80. The molecule has 4 nitrogen and oxygen atoms in total. The Kier molecular flexibility index (Phi) is 2.90. The minimum Gasteiger partial charge on any atom is -0.330 e. The van der Waals surface area contributed by atoms with Crippen LogP contribution in [0.25, 0.3) is 0 Å². The first kappa shape index (κ1) is 9.36. The molecule has 0 amide bonds. The number of hydrogen-bond acceptors (Lipinski definition) is 4. The molecule has 2 heterocycles. The van der Waals surface area contributed by atoms with Crippen molar-refractivity contribution in [1.82, 2.24) is 14.5 Å². The molecule has 0 saturated carbocycles. The van der Waals surface area contributed by atoms with Gasteiger partial charge in [0.15, 0.2) is 0 Å². The summed E-state index contributed by atoms with van der Waals surface area (Å²) in [6.45, 7) is 1.43. The molecule has 0 bridgehead atoms. The number of aromatic nitrogens is 3. The number of thiazole rings is 1. The lowest BCUT2D eigenvalue weighted by Crippen LogP contribution is -2.10. The van der Waals surface area contributed by atoms with Crippen LogP contribution in [0.2, 0.25) is 0 Å². The molecule has 0 aliphatic carbocycles. The predicted molar refractivity (Wildman–Crippen MR) is 56.2 cm³/mol. The van der Waals surface area contributed by atoms with Crippen LogP contribution in [-0.2, 0) is 13.0 Å². The maximum absolute atomic E-state index is 5.50. The second-order valence-corrected chi connectivity index (χ2v) is 3.92. The Bertz CT molecular complexity index is 379. The van der Waals surface area contributed by atoms with Crippen molar-refractivity contribution in [3.63, 3.8) is 0 Å². The summed E-state index contributed by atoms with van der Waals surface area (Å²) >= 11 is 1.66. The lowest BCUT2D eigenvalue weighted by Gasteiger charge is -2.03. The van der Waals surface area contributed by atoms with Crippen LogP contribution < -0.4 is 5.73 Å². The first-order valence-corrected chi connectivity index (χ1v) is 5.36. The van der Waals surface area contributed by atoms with Gasteiger partial charge in [0.1, 0.15) is 10.8 Å². The molecule has 2 rings (SSSR count). The quantitative estimate of drug-likeness (QED) is 0.811. The number of nitrogens with zero attached hydrogens (tertiary/aromatic N) is 3. The Morgan fingerprint density at radius 3 is 3.00 bits per heavy atom. The summed E-state index contributed by atoms with van der Waals surface area (Å²) in [5.41, 5.74) is 5.50. The lowest BCUT2D eigenvalue weighted by molar-refractivity contribution is 0.713. The Morgan fingerprint density at radius 1 is 1.36 bits per heavy atom. The van der Waals surface area contributed by atoms with Crippen LogP contribution in [0, 0.1) is 0 Å². The highest BCUT2D eigenvalue weighted by atomic mass is 32.1. The SMILES string of the molecule is NCCc1nccn1Cc1nccs1. The fourth-order valence-electron chi connectivity index (χ4n) is 1.32. The molecule has 0 aromatic carbocycles. The van der Waals surface area contributed by atoms with Gasteiger partial charge in [0.05, 0.1) is 6.54 Å². The monoisotopic (exact) mass is 208 g/mol. The van der Waals surface area contributed by atoms with E-state index in [0.717, 1.165) is 23.8 Å². The summed E-state index contributed by atoms with van der Waals surface area (Å²) < 4.78 is 2.09. The first-order chi connectivity index (χ1) is 6.90. The molecule has 0 unspecified atom stereocenters. The molecule has 2 aromatic rings. The van der Waals surface area contributed by atoms with Crippen LogP contribution in [0.5, 0.6) is 0 Å². The van der Waals surface area contributed by atoms with Crippen molar-refractivity contribution in [3.8, 4) is 0 Å². The maximum atomic E-state index is 5.50. The zero-order valence-corrected chi connectivity index (χ0v) is 8.57. The van der Waals surface area contributed by atoms with E-state index < -0.39 is 0 Å². The lowest BCUT2D eigenvalue weighted by atomic mass is 10.4. The van der Waals surface area contributed by atoms with Crippen molar-refractivity contribution in [2.75, 3.05) is 6.54 Å². The van der Waals surface area contributed by atoms with Gasteiger partial charge >= 0.3 is 0 Å². The van der Waals surface area contributed by atoms with Gasteiger partial charge in [0.2, 0.25) is 0 Å². The smallest absolute Gasteiger partial charge is 0.112 e. The highest BCUT2D eigenvalue weighted by Gasteiger charge is 2.03. The molecule has 0 radical (unpaired) electrons. The topological polar surface area (TPSA) is 56.7 Å². The Labute approximate surface area is 86.4 Å². The number of hydrogen-bond donors (Lipinski definition) is 1. The van der Waals surface area contributed by atoms with Crippen molar-refractivity contribution >= 4 is 11.3 Å². The third-order valence-corrected chi connectivity index (χ3v) is 2.72. The van der Waals surface area contributed by atoms with Crippen LogP contribution in [0.1, 0.15) is 10.8 Å². The molecular weight excluding hydrogens is 196 g/mol. The van der Waals surface area contributed by atoms with Crippen LogP contribution in [0.15, 0.2) is 24.0 Å². The molecule has 0 aliphatic heterocycles. The minimum absolute atomic E-state index is 0.634. The van der Waals surface area contributed by atoms with Crippen molar-refractivity contribution in [1.29, 1.82) is 0 Å². The van der Waals surface area contributed by atoms with Gasteiger partial charge in [0, 0.05) is 30.4 Å². The second kappa shape index (κ2) is 4.34. The molecule has 14 heavy (non-hydrogen) atoms. The van der Waals surface area contributed by atoms with Gasteiger partial charge in [-0.1, -0.05) is 0 Å². The zero-order valence-electron chi connectivity index (χ0n) is 7.76. The largest absolute Gasteiger partial charge is 0.330 e. The van der Waals surface area contributed by atoms with E-state index >= 15 is 0 Å². The van der Waals surface area contributed by atoms with Crippen LogP contribution in [-0.4, -0.2) is 21.1 Å². The molecule has 74 valence electrons. The van der Waals surface area contributed by atoms with Crippen LogP contribution in [0.3, 0.4) is 0 Å². The Balaban J connectivity index is 2.12. The normalized spacial score (nSPS) is 10.6.